The van der Waals surface area contributed by atoms with Gasteiger partial charge in [-0.25, -0.2) is 0 Å². The van der Waals surface area contributed by atoms with Gasteiger partial charge in [0.05, 0.1) is 37.6 Å². The highest BCUT2D eigenvalue weighted by atomic mass is 32.1. The maximum Gasteiger partial charge on any atom is 0.132 e. The van der Waals surface area contributed by atoms with Crippen molar-refractivity contribution in [3.05, 3.63) is 72.8 Å². The normalized spacial score (nSPS) is 11.1. The van der Waals surface area contributed by atoms with E-state index in [0.717, 1.165) is 50.1 Å². The minimum Gasteiger partial charge on any atom is -0.496 e. The fourth-order valence-electron chi connectivity index (χ4n) is 4.02. The standard InChI is InChI=1S/C30H32O4S/c1-19(2)33-25-11-7-9-23(31-5)29(25)22-15-13-21(14-16-22)27-17-18-28(35-27)30-24(32-6)10-8-12-26(30)34-20(3)4/h7-20H,1-6H3. The molecule has 182 valence electrons. The first-order valence-corrected chi connectivity index (χ1v) is 12.6. The highest BCUT2D eigenvalue weighted by Crippen LogP contribution is 2.45. The second-order valence-electron chi connectivity index (χ2n) is 8.74. The second-order valence-corrected chi connectivity index (χ2v) is 9.83. The lowest BCUT2D eigenvalue weighted by Crippen LogP contribution is -2.07. The lowest BCUT2D eigenvalue weighted by atomic mass is 10.0. The lowest BCUT2D eigenvalue weighted by molar-refractivity contribution is 0.242. The molecule has 1 aromatic heterocycles. The number of thiophene rings is 1. The summed E-state index contributed by atoms with van der Waals surface area (Å²) in [5, 5.41) is 0. The van der Waals surface area contributed by atoms with Gasteiger partial charge in [0.15, 0.2) is 0 Å². The molecule has 4 rings (SSSR count). The molecule has 4 nitrogen and oxygen atoms in total. The molecule has 0 radical (unpaired) electrons. The zero-order chi connectivity index (χ0) is 24.9. The maximum absolute atomic E-state index is 6.09. The zero-order valence-corrected chi connectivity index (χ0v) is 21.9. The Morgan fingerprint density at radius 2 is 0.971 bits per heavy atom. The molecule has 0 aliphatic heterocycles. The maximum atomic E-state index is 6.09. The van der Waals surface area contributed by atoms with Crippen molar-refractivity contribution in [1.82, 2.24) is 0 Å². The van der Waals surface area contributed by atoms with Gasteiger partial charge >= 0.3 is 0 Å². The number of hydrogen-bond donors (Lipinski definition) is 0. The Balaban J connectivity index is 1.69. The molecule has 0 spiro atoms. The fourth-order valence-corrected chi connectivity index (χ4v) is 5.09. The first-order chi connectivity index (χ1) is 16.9. The van der Waals surface area contributed by atoms with E-state index in [-0.39, 0.29) is 12.2 Å². The van der Waals surface area contributed by atoms with E-state index in [1.165, 1.54) is 4.88 Å². The van der Waals surface area contributed by atoms with Gasteiger partial charge in [-0.15, -0.1) is 11.3 Å². The lowest BCUT2D eigenvalue weighted by Gasteiger charge is -2.17. The van der Waals surface area contributed by atoms with Crippen molar-refractivity contribution in [2.24, 2.45) is 0 Å². The van der Waals surface area contributed by atoms with Gasteiger partial charge in [-0.2, -0.15) is 0 Å². The molecule has 35 heavy (non-hydrogen) atoms. The first-order valence-electron chi connectivity index (χ1n) is 11.8. The molecule has 4 aromatic rings. The Hall–Kier alpha value is -3.44. The summed E-state index contributed by atoms with van der Waals surface area (Å²) < 4.78 is 23.5. The summed E-state index contributed by atoms with van der Waals surface area (Å²) >= 11 is 1.72. The molecule has 0 saturated carbocycles. The number of hydrogen-bond acceptors (Lipinski definition) is 5. The molecule has 0 aliphatic carbocycles. The van der Waals surface area contributed by atoms with Crippen molar-refractivity contribution in [2.75, 3.05) is 14.2 Å². The summed E-state index contributed by atoms with van der Waals surface area (Å²) in [4.78, 5) is 2.28. The highest BCUT2D eigenvalue weighted by Gasteiger charge is 2.17. The quantitative estimate of drug-likeness (QED) is 0.237. The van der Waals surface area contributed by atoms with Crippen LogP contribution >= 0.6 is 11.3 Å². The Labute approximate surface area is 212 Å². The van der Waals surface area contributed by atoms with Gasteiger partial charge in [-0.05, 0) is 75.2 Å². The Morgan fingerprint density at radius 3 is 1.51 bits per heavy atom. The van der Waals surface area contributed by atoms with Crippen LogP contribution in [0.1, 0.15) is 27.7 Å². The molecular formula is C30H32O4S. The van der Waals surface area contributed by atoms with E-state index in [1.807, 2.05) is 64.1 Å². The van der Waals surface area contributed by atoms with E-state index >= 15 is 0 Å². The summed E-state index contributed by atoms with van der Waals surface area (Å²) in [7, 11) is 3.38. The third-order valence-corrected chi connectivity index (χ3v) is 6.60. The molecule has 0 aliphatic rings. The molecule has 0 amide bonds. The second kappa shape index (κ2) is 10.9. The summed E-state index contributed by atoms with van der Waals surface area (Å²) in [5.74, 6) is 3.25. The smallest absolute Gasteiger partial charge is 0.132 e. The SMILES string of the molecule is COc1cccc(OC(C)C)c1-c1ccc(-c2ccc(-c3c(OC)cccc3OC(C)C)s2)cc1. The van der Waals surface area contributed by atoms with Gasteiger partial charge in [0.1, 0.15) is 23.0 Å². The van der Waals surface area contributed by atoms with E-state index in [4.69, 9.17) is 18.9 Å². The highest BCUT2D eigenvalue weighted by molar-refractivity contribution is 7.18. The molecule has 5 heteroatoms. The van der Waals surface area contributed by atoms with Crippen LogP contribution in [0.5, 0.6) is 23.0 Å². The van der Waals surface area contributed by atoms with Crippen LogP contribution in [0.15, 0.2) is 72.8 Å². The van der Waals surface area contributed by atoms with E-state index < -0.39 is 0 Å². The zero-order valence-electron chi connectivity index (χ0n) is 21.1. The van der Waals surface area contributed by atoms with Crippen LogP contribution in [0.4, 0.5) is 0 Å². The van der Waals surface area contributed by atoms with Crippen LogP contribution in [0.25, 0.3) is 32.0 Å². The average molecular weight is 489 g/mol. The minimum atomic E-state index is 0.0733. The average Bonchev–Trinajstić information content (AvgIpc) is 3.33. The third kappa shape index (κ3) is 5.46. The number of rotatable bonds is 9. The molecule has 0 N–H and O–H groups in total. The predicted octanol–water partition coefficient (Wildman–Crippen LogP) is 8.34. The van der Waals surface area contributed by atoms with Gasteiger partial charge < -0.3 is 18.9 Å². The summed E-state index contributed by atoms with van der Waals surface area (Å²) in [6.07, 6.45) is 0.150. The number of methoxy groups -OCH3 is 2. The number of ether oxygens (including phenoxy) is 4. The van der Waals surface area contributed by atoms with Crippen LogP contribution in [-0.4, -0.2) is 26.4 Å². The summed E-state index contributed by atoms with van der Waals surface area (Å²) in [5.41, 5.74) is 4.15. The van der Waals surface area contributed by atoms with E-state index in [9.17, 15) is 0 Å². The molecule has 1 heterocycles. The van der Waals surface area contributed by atoms with Gasteiger partial charge in [0, 0.05) is 9.75 Å². The summed E-state index contributed by atoms with van der Waals surface area (Å²) in [6, 6.07) is 24.6. The van der Waals surface area contributed by atoms with E-state index in [1.54, 1.807) is 25.6 Å². The van der Waals surface area contributed by atoms with Gasteiger partial charge in [0.25, 0.3) is 0 Å². The Kier molecular flexibility index (Phi) is 7.67. The summed E-state index contributed by atoms with van der Waals surface area (Å²) in [6.45, 7) is 8.12. The molecule has 0 fully saturated rings. The van der Waals surface area contributed by atoms with Crippen molar-refractivity contribution in [3.63, 3.8) is 0 Å². The van der Waals surface area contributed by atoms with Crippen LogP contribution in [-0.2, 0) is 0 Å². The van der Waals surface area contributed by atoms with Crippen molar-refractivity contribution < 1.29 is 18.9 Å². The van der Waals surface area contributed by atoms with Crippen molar-refractivity contribution in [3.8, 4) is 55.0 Å². The monoisotopic (exact) mass is 488 g/mol. The fraction of sp³-hybridized carbons (Fsp3) is 0.267. The van der Waals surface area contributed by atoms with Gasteiger partial charge in [-0.1, -0.05) is 36.4 Å². The first kappa shape index (κ1) is 24.7. The van der Waals surface area contributed by atoms with Crippen LogP contribution in [0.3, 0.4) is 0 Å². The Morgan fingerprint density at radius 1 is 0.514 bits per heavy atom. The Bertz CT molecular complexity index is 1270. The molecular weight excluding hydrogens is 456 g/mol. The number of benzene rings is 3. The molecule has 0 bridgehead atoms. The van der Waals surface area contributed by atoms with Crippen LogP contribution < -0.4 is 18.9 Å². The van der Waals surface area contributed by atoms with Crippen LogP contribution in [0.2, 0.25) is 0 Å². The van der Waals surface area contributed by atoms with Crippen molar-refractivity contribution in [1.29, 1.82) is 0 Å². The predicted molar refractivity (Wildman–Crippen MR) is 145 cm³/mol. The minimum absolute atomic E-state index is 0.0733. The van der Waals surface area contributed by atoms with E-state index in [2.05, 4.69) is 36.4 Å². The molecule has 3 aromatic carbocycles. The third-order valence-electron chi connectivity index (χ3n) is 5.45. The largest absolute Gasteiger partial charge is 0.496 e. The molecule has 0 unspecified atom stereocenters. The van der Waals surface area contributed by atoms with Gasteiger partial charge in [-0.3, -0.25) is 0 Å². The molecule has 0 atom stereocenters. The van der Waals surface area contributed by atoms with Crippen LogP contribution in [0, 0.1) is 0 Å². The molecule has 0 saturated heterocycles. The van der Waals surface area contributed by atoms with Crippen molar-refractivity contribution >= 4 is 11.3 Å². The topological polar surface area (TPSA) is 36.9 Å². The van der Waals surface area contributed by atoms with E-state index in [0.29, 0.717) is 0 Å². The van der Waals surface area contributed by atoms with Gasteiger partial charge in [0.2, 0.25) is 0 Å². The van der Waals surface area contributed by atoms with Crippen molar-refractivity contribution in [2.45, 2.75) is 39.9 Å².